The van der Waals surface area contributed by atoms with E-state index >= 15 is 0 Å². The molecule has 2 aromatic carbocycles. The molecule has 25 heavy (non-hydrogen) atoms. The maximum atomic E-state index is 12.6. The van der Waals surface area contributed by atoms with Crippen LogP contribution in [0.15, 0.2) is 53.4 Å². The van der Waals surface area contributed by atoms with Crippen LogP contribution in [0.5, 0.6) is 0 Å². The van der Waals surface area contributed by atoms with E-state index < -0.39 is 10.0 Å². The molecule has 0 radical (unpaired) electrons. The molecule has 0 spiro atoms. The second-order valence-corrected chi connectivity index (χ2v) is 7.76. The van der Waals surface area contributed by atoms with Gasteiger partial charge in [-0.2, -0.15) is 0 Å². The third-order valence-electron chi connectivity index (χ3n) is 3.82. The summed E-state index contributed by atoms with van der Waals surface area (Å²) in [6, 6.07) is 13.4. The average molecular weight is 362 g/mol. The molecular formula is C18H22N2O4S. The minimum absolute atomic E-state index is 0.0124. The molecule has 1 amide bonds. The lowest BCUT2D eigenvalue weighted by atomic mass is 10.0. The van der Waals surface area contributed by atoms with Crippen molar-refractivity contribution in [3.8, 4) is 0 Å². The number of benzene rings is 2. The molecule has 0 heterocycles. The smallest absolute Gasteiger partial charge is 0.264 e. The van der Waals surface area contributed by atoms with Crippen LogP contribution >= 0.6 is 0 Å². The van der Waals surface area contributed by atoms with Gasteiger partial charge in [-0.1, -0.05) is 42.6 Å². The number of para-hydroxylation sites is 1. The molecule has 0 aromatic heterocycles. The normalized spacial score (nSPS) is 11.8. The minimum Gasteiger partial charge on any atom is -0.322 e. The quantitative estimate of drug-likeness (QED) is 0.801. The number of carbonyl (C=O) groups excluding carboxylic acids is 1. The van der Waals surface area contributed by atoms with Gasteiger partial charge in [0.25, 0.3) is 15.9 Å². The largest absolute Gasteiger partial charge is 0.322 e. The number of nitrogens with one attached hydrogen (secondary N) is 1. The van der Waals surface area contributed by atoms with Crippen LogP contribution in [0.2, 0.25) is 0 Å². The Bertz CT molecular complexity index is 863. The van der Waals surface area contributed by atoms with Crippen molar-refractivity contribution in [1.29, 1.82) is 0 Å². The fourth-order valence-electron chi connectivity index (χ4n) is 2.35. The van der Waals surface area contributed by atoms with Crippen molar-refractivity contribution in [2.75, 3.05) is 19.5 Å². The molecule has 0 unspecified atom stereocenters. The van der Waals surface area contributed by atoms with Gasteiger partial charge in [0.1, 0.15) is 0 Å². The van der Waals surface area contributed by atoms with Gasteiger partial charge in [-0.3, -0.25) is 9.63 Å². The number of anilines is 1. The summed E-state index contributed by atoms with van der Waals surface area (Å²) in [5.74, 6) is -0.121. The Labute approximate surface area is 148 Å². The first-order chi connectivity index (χ1) is 11.8. The highest BCUT2D eigenvalue weighted by Crippen LogP contribution is 2.24. The Morgan fingerprint density at radius 2 is 1.80 bits per heavy atom. The van der Waals surface area contributed by atoms with Gasteiger partial charge in [0.15, 0.2) is 0 Å². The number of rotatable bonds is 6. The van der Waals surface area contributed by atoms with Crippen LogP contribution in [0, 0.1) is 0 Å². The number of hydrogen-bond acceptors (Lipinski definition) is 4. The summed E-state index contributed by atoms with van der Waals surface area (Å²) >= 11 is 0. The molecule has 0 aliphatic carbocycles. The fraction of sp³-hybridized carbons (Fsp3) is 0.278. The second kappa shape index (κ2) is 7.77. The maximum absolute atomic E-state index is 12.6. The molecule has 0 aliphatic heterocycles. The molecule has 134 valence electrons. The third kappa shape index (κ3) is 4.25. The monoisotopic (exact) mass is 362 g/mol. The van der Waals surface area contributed by atoms with Crippen LogP contribution in [-0.4, -0.2) is 33.0 Å². The van der Waals surface area contributed by atoms with E-state index in [1.165, 1.54) is 32.4 Å². The zero-order chi connectivity index (χ0) is 18.6. The molecule has 0 saturated heterocycles. The van der Waals surface area contributed by atoms with Crippen LogP contribution < -0.4 is 5.32 Å². The molecule has 0 fully saturated rings. The topological polar surface area (TPSA) is 75.7 Å². The van der Waals surface area contributed by atoms with Crippen molar-refractivity contribution in [1.82, 2.24) is 4.47 Å². The number of nitrogens with zero attached hydrogens (tertiary/aromatic N) is 1. The first-order valence-electron chi connectivity index (χ1n) is 7.80. The number of hydroxylamine groups is 1. The number of hydrogen-bond donors (Lipinski definition) is 1. The van der Waals surface area contributed by atoms with Gasteiger partial charge < -0.3 is 5.32 Å². The first-order valence-corrected chi connectivity index (χ1v) is 9.24. The lowest BCUT2D eigenvalue weighted by Gasteiger charge is -2.15. The third-order valence-corrected chi connectivity index (χ3v) is 5.50. The highest BCUT2D eigenvalue weighted by molar-refractivity contribution is 7.89. The van der Waals surface area contributed by atoms with E-state index in [1.807, 2.05) is 38.1 Å². The van der Waals surface area contributed by atoms with Crippen molar-refractivity contribution < 1.29 is 18.0 Å². The fourth-order valence-corrected chi connectivity index (χ4v) is 3.37. The predicted molar refractivity (Wildman–Crippen MR) is 96.9 cm³/mol. The standard InChI is InChI=1S/C18H22N2O4S/c1-13(2)16-10-5-6-11-17(16)19-18(21)14-8-7-9-15(12-14)25(22,23)20(3)24-4/h5-13H,1-4H3,(H,19,21). The summed E-state index contributed by atoms with van der Waals surface area (Å²) in [5, 5.41) is 2.85. The molecule has 6 nitrogen and oxygen atoms in total. The van der Waals surface area contributed by atoms with Crippen LogP contribution in [-0.2, 0) is 14.9 Å². The Kier molecular flexibility index (Phi) is 5.94. The first kappa shape index (κ1) is 19.1. The van der Waals surface area contributed by atoms with Crippen molar-refractivity contribution in [3.63, 3.8) is 0 Å². The lowest BCUT2D eigenvalue weighted by molar-refractivity contribution is -0.0258. The number of carbonyl (C=O) groups is 1. The van der Waals surface area contributed by atoms with Gasteiger partial charge in [0, 0.05) is 18.3 Å². The Morgan fingerprint density at radius 1 is 1.12 bits per heavy atom. The van der Waals surface area contributed by atoms with Crippen molar-refractivity contribution >= 4 is 21.6 Å². The van der Waals surface area contributed by atoms with Crippen LogP contribution in [0.4, 0.5) is 5.69 Å². The molecule has 0 aliphatic rings. The molecule has 2 aromatic rings. The van der Waals surface area contributed by atoms with E-state index in [1.54, 1.807) is 6.07 Å². The van der Waals surface area contributed by atoms with Crippen LogP contribution in [0.25, 0.3) is 0 Å². The Morgan fingerprint density at radius 3 is 2.44 bits per heavy atom. The van der Waals surface area contributed by atoms with Gasteiger partial charge >= 0.3 is 0 Å². The summed E-state index contributed by atoms with van der Waals surface area (Å²) in [6.45, 7) is 4.08. The Hall–Kier alpha value is -2.22. The maximum Gasteiger partial charge on any atom is 0.264 e. The minimum atomic E-state index is -3.81. The van der Waals surface area contributed by atoms with Crippen LogP contribution in [0.1, 0.15) is 35.7 Å². The van der Waals surface area contributed by atoms with Crippen molar-refractivity contribution in [3.05, 3.63) is 59.7 Å². The van der Waals surface area contributed by atoms with Crippen LogP contribution in [0.3, 0.4) is 0 Å². The second-order valence-electron chi connectivity index (χ2n) is 5.82. The van der Waals surface area contributed by atoms with Crippen molar-refractivity contribution in [2.24, 2.45) is 0 Å². The number of sulfonamides is 1. The number of amides is 1. The zero-order valence-electron chi connectivity index (χ0n) is 14.7. The summed E-state index contributed by atoms with van der Waals surface area (Å²) in [6.07, 6.45) is 0. The highest BCUT2D eigenvalue weighted by Gasteiger charge is 2.22. The molecule has 0 saturated carbocycles. The van der Waals surface area contributed by atoms with E-state index in [9.17, 15) is 13.2 Å². The van der Waals surface area contributed by atoms with E-state index in [-0.39, 0.29) is 22.3 Å². The van der Waals surface area contributed by atoms with E-state index in [4.69, 9.17) is 4.84 Å². The predicted octanol–water partition coefficient (Wildman–Crippen LogP) is 3.24. The summed E-state index contributed by atoms with van der Waals surface area (Å²) in [5.41, 5.74) is 1.98. The van der Waals surface area contributed by atoms with Crippen molar-refractivity contribution in [2.45, 2.75) is 24.7 Å². The molecule has 0 atom stereocenters. The summed E-state index contributed by atoms with van der Waals surface area (Å²) < 4.78 is 25.4. The van der Waals surface area contributed by atoms with E-state index in [0.29, 0.717) is 5.69 Å². The van der Waals surface area contributed by atoms with E-state index in [2.05, 4.69) is 5.32 Å². The average Bonchev–Trinajstić information content (AvgIpc) is 2.61. The molecular weight excluding hydrogens is 340 g/mol. The van der Waals surface area contributed by atoms with Gasteiger partial charge in [-0.15, -0.1) is 0 Å². The summed E-state index contributed by atoms with van der Waals surface area (Å²) in [4.78, 5) is 17.3. The summed E-state index contributed by atoms with van der Waals surface area (Å²) in [7, 11) is -1.25. The SMILES string of the molecule is CON(C)S(=O)(=O)c1cccc(C(=O)Nc2ccccc2C(C)C)c1. The highest BCUT2D eigenvalue weighted by atomic mass is 32.2. The van der Waals surface area contributed by atoms with Gasteiger partial charge in [-0.05, 0) is 35.7 Å². The molecule has 7 heteroatoms. The molecule has 0 bridgehead atoms. The Balaban J connectivity index is 2.32. The van der Waals surface area contributed by atoms with Gasteiger partial charge in [0.05, 0.1) is 12.0 Å². The van der Waals surface area contributed by atoms with E-state index in [0.717, 1.165) is 10.0 Å². The lowest BCUT2D eigenvalue weighted by Crippen LogP contribution is -2.26. The molecule has 2 rings (SSSR count). The van der Waals surface area contributed by atoms with Gasteiger partial charge in [0.2, 0.25) is 0 Å². The molecule has 1 N–H and O–H groups in total. The van der Waals surface area contributed by atoms with Gasteiger partial charge in [-0.25, -0.2) is 8.42 Å². The zero-order valence-corrected chi connectivity index (χ0v) is 15.5.